The maximum absolute atomic E-state index is 9.92. The lowest BCUT2D eigenvalue weighted by Gasteiger charge is -2.10. The number of phenols is 1. The molecule has 0 spiro atoms. The molecule has 0 atom stereocenters. The number of ether oxygens (including phenoxy) is 2. The molecule has 2 aromatic rings. The average Bonchev–Trinajstić information content (AvgIpc) is 2.48. The monoisotopic (exact) mass is 272 g/mol. The van der Waals surface area contributed by atoms with Gasteiger partial charge in [0, 0.05) is 6.07 Å². The molecule has 0 bridgehead atoms. The van der Waals surface area contributed by atoms with Crippen molar-refractivity contribution in [1.82, 2.24) is 0 Å². The van der Waals surface area contributed by atoms with E-state index in [2.05, 4.69) is 6.92 Å². The number of hydrogen-bond donors (Lipinski definition) is 1. The molecule has 0 aliphatic heterocycles. The molecule has 0 heterocycles. The van der Waals surface area contributed by atoms with Crippen LogP contribution in [0.5, 0.6) is 17.2 Å². The summed E-state index contributed by atoms with van der Waals surface area (Å²) < 4.78 is 11.1. The predicted octanol–water partition coefficient (Wildman–Crippen LogP) is 4.15. The van der Waals surface area contributed by atoms with E-state index in [-0.39, 0.29) is 5.75 Å². The molecule has 106 valence electrons. The van der Waals surface area contributed by atoms with Crippen molar-refractivity contribution in [3.63, 3.8) is 0 Å². The van der Waals surface area contributed by atoms with Crippen LogP contribution in [-0.2, 0) is 6.61 Å². The maximum Gasteiger partial charge on any atom is 0.161 e. The average molecular weight is 272 g/mol. The molecule has 0 aromatic heterocycles. The topological polar surface area (TPSA) is 38.7 Å². The Balaban J connectivity index is 1.92. The Labute approximate surface area is 119 Å². The van der Waals surface area contributed by atoms with Crippen molar-refractivity contribution in [3.8, 4) is 17.2 Å². The lowest BCUT2D eigenvalue weighted by Crippen LogP contribution is -1.98. The maximum atomic E-state index is 9.92. The number of unbranched alkanes of at least 4 members (excludes halogenated alkanes) is 1. The van der Waals surface area contributed by atoms with Crippen molar-refractivity contribution in [1.29, 1.82) is 0 Å². The van der Waals surface area contributed by atoms with Crippen LogP contribution in [0.1, 0.15) is 25.3 Å². The first kappa shape index (κ1) is 14.3. The minimum Gasteiger partial charge on any atom is -0.504 e. The van der Waals surface area contributed by atoms with Crippen LogP contribution in [0.15, 0.2) is 48.5 Å². The highest BCUT2D eigenvalue weighted by molar-refractivity contribution is 5.44. The number of aromatic hydroxyl groups is 1. The van der Waals surface area contributed by atoms with Gasteiger partial charge >= 0.3 is 0 Å². The molecule has 0 fully saturated rings. The standard InChI is InChI=1S/C17H20O3/c1-2-3-11-19-15-9-10-17(16(18)12-15)20-13-14-7-5-4-6-8-14/h4-10,12,18H,2-3,11,13H2,1H3. The fourth-order valence-electron chi connectivity index (χ4n) is 1.78. The summed E-state index contributed by atoms with van der Waals surface area (Å²) in [5, 5.41) is 9.92. The first-order valence-corrected chi connectivity index (χ1v) is 6.92. The van der Waals surface area contributed by atoms with Crippen molar-refractivity contribution < 1.29 is 14.6 Å². The molecular formula is C17H20O3. The summed E-state index contributed by atoms with van der Waals surface area (Å²) >= 11 is 0. The first-order valence-electron chi connectivity index (χ1n) is 6.92. The number of phenolic OH excluding ortho intramolecular Hbond substituents is 1. The summed E-state index contributed by atoms with van der Waals surface area (Å²) in [6.07, 6.45) is 2.09. The number of rotatable bonds is 7. The zero-order valence-electron chi connectivity index (χ0n) is 11.7. The lowest BCUT2D eigenvalue weighted by molar-refractivity contribution is 0.283. The van der Waals surface area contributed by atoms with Crippen molar-refractivity contribution in [2.75, 3.05) is 6.61 Å². The fourth-order valence-corrected chi connectivity index (χ4v) is 1.78. The van der Waals surface area contributed by atoms with Crippen LogP contribution >= 0.6 is 0 Å². The second-order valence-electron chi connectivity index (χ2n) is 4.61. The highest BCUT2D eigenvalue weighted by atomic mass is 16.5. The van der Waals surface area contributed by atoms with E-state index in [1.54, 1.807) is 12.1 Å². The zero-order valence-corrected chi connectivity index (χ0v) is 11.7. The SMILES string of the molecule is CCCCOc1ccc(OCc2ccccc2)c(O)c1. The van der Waals surface area contributed by atoms with Gasteiger partial charge in [-0.1, -0.05) is 43.7 Å². The summed E-state index contributed by atoms with van der Waals surface area (Å²) in [5.74, 6) is 1.25. The van der Waals surface area contributed by atoms with Gasteiger partial charge in [0.2, 0.25) is 0 Å². The minimum atomic E-state index is 0.106. The van der Waals surface area contributed by atoms with Crippen molar-refractivity contribution in [3.05, 3.63) is 54.1 Å². The lowest BCUT2D eigenvalue weighted by atomic mass is 10.2. The van der Waals surface area contributed by atoms with Gasteiger partial charge in [-0.2, -0.15) is 0 Å². The van der Waals surface area contributed by atoms with Gasteiger partial charge in [0.15, 0.2) is 11.5 Å². The third-order valence-electron chi connectivity index (χ3n) is 2.93. The van der Waals surface area contributed by atoms with Crippen molar-refractivity contribution in [2.45, 2.75) is 26.4 Å². The normalized spacial score (nSPS) is 10.2. The summed E-state index contributed by atoms with van der Waals surface area (Å²) in [6.45, 7) is 3.21. The molecule has 0 amide bonds. The molecular weight excluding hydrogens is 252 g/mol. The van der Waals surface area contributed by atoms with Crippen LogP contribution in [0.25, 0.3) is 0 Å². The Kier molecular flexibility index (Phi) is 5.30. The summed E-state index contributed by atoms with van der Waals surface area (Å²) in [7, 11) is 0. The second-order valence-corrected chi connectivity index (χ2v) is 4.61. The highest BCUT2D eigenvalue weighted by Crippen LogP contribution is 2.30. The zero-order chi connectivity index (χ0) is 14.2. The van der Waals surface area contributed by atoms with Gasteiger partial charge in [-0.25, -0.2) is 0 Å². The Hall–Kier alpha value is -2.16. The Morgan fingerprint density at radius 1 is 1.00 bits per heavy atom. The third-order valence-corrected chi connectivity index (χ3v) is 2.93. The number of benzene rings is 2. The van der Waals surface area contributed by atoms with E-state index < -0.39 is 0 Å². The van der Waals surface area contributed by atoms with Gasteiger partial charge in [-0.05, 0) is 24.1 Å². The molecule has 2 rings (SSSR count). The molecule has 20 heavy (non-hydrogen) atoms. The fraction of sp³-hybridized carbons (Fsp3) is 0.294. The van der Waals surface area contributed by atoms with E-state index in [4.69, 9.17) is 9.47 Å². The van der Waals surface area contributed by atoms with E-state index in [0.717, 1.165) is 18.4 Å². The van der Waals surface area contributed by atoms with Crippen LogP contribution in [0.3, 0.4) is 0 Å². The van der Waals surface area contributed by atoms with Crippen molar-refractivity contribution >= 4 is 0 Å². The van der Waals surface area contributed by atoms with Crippen LogP contribution in [0, 0.1) is 0 Å². The first-order chi connectivity index (χ1) is 9.79. The smallest absolute Gasteiger partial charge is 0.161 e. The van der Waals surface area contributed by atoms with E-state index in [1.807, 2.05) is 36.4 Å². The van der Waals surface area contributed by atoms with Crippen molar-refractivity contribution in [2.24, 2.45) is 0 Å². The van der Waals surface area contributed by atoms with Crippen LogP contribution in [-0.4, -0.2) is 11.7 Å². The Morgan fingerprint density at radius 2 is 1.80 bits per heavy atom. The molecule has 3 nitrogen and oxygen atoms in total. The van der Waals surface area contributed by atoms with Gasteiger partial charge < -0.3 is 14.6 Å². The Bertz CT molecular complexity index is 523. The van der Waals surface area contributed by atoms with E-state index in [0.29, 0.717) is 24.7 Å². The van der Waals surface area contributed by atoms with Crippen LogP contribution < -0.4 is 9.47 Å². The van der Waals surface area contributed by atoms with E-state index >= 15 is 0 Å². The number of hydrogen-bond acceptors (Lipinski definition) is 3. The van der Waals surface area contributed by atoms with Gasteiger partial charge in [0.25, 0.3) is 0 Å². The summed E-state index contributed by atoms with van der Waals surface area (Å²) in [6, 6.07) is 15.0. The van der Waals surface area contributed by atoms with Gasteiger partial charge in [-0.3, -0.25) is 0 Å². The quantitative estimate of drug-likeness (QED) is 0.769. The molecule has 0 unspecified atom stereocenters. The molecule has 0 aliphatic carbocycles. The molecule has 2 aromatic carbocycles. The van der Waals surface area contributed by atoms with Crippen LogP contribution in [0.4, 0.5) is 0 Å². The summed E-state index contributed by atoms with van der Waals surface area (Å²) in [5.41, 5.74) is 1.06. The van der Waals surface area contributed by atoms with Crippen LogP contribution in [0.2, 0.25) is 0 Å². The van der Waals surface area contributed by atoms with Gasteiger partial charge in [-0.15, -0.1) is 0 Å². The second kappa shape index (κ2) is 7.43. The highest BCUT2D eigenvalue weighted by Gasteiger charge is 2.05. The molecule has 3 heteroatoms. The molecule has 0 saturated heterocycles. The predicted molar refractivity (Wildman–Crippen MR) is 79.3 cm³/mol. The summed E-state index contributed by atoms with van der Waals surface area (Å²) in [4.78, 5) is 0. The molecule has 0 saturated carbocycles. The van der Waals surface area contributed by atoms with E-state index in [9.17, 15) is 5.11 Å². The third kappa shape index (κ3) is 4.19. The molecule has 0 radical (unpaired) electrons. The molecule has 1 N–H and O–H groups in total. The van der Waals surface area contributed by atoms with Gasteiger partial charge in [0.05, 0.1) is 6.61 Å². The Morgan fingerprint density at radius 3 is 2.50 bits per heavy atom. The molecule has 0 aliphatic rings. The minimum absolute atomic E-state index is 0.106. The largest absolute Gasteiger partial charge is 0.504 e. The van der Waals surface area contributed by atoms with E-state index in [1.165, 1.54) is 0 Å². The van der Waals surface area contributed by atoms with Gasteiger partial charge in [0.1, 0.15) is 12.4 Å².